The first-order valence-electron chi connectivity index (χ1n) is 4.79. The maximum atomic E-state index is 10.9. The van der Waals surface area contributed by atoms with Gasteiger partial charge in [0.1, 0.15) is 5.01 Å². The zero-order chi connectivity index (χ0) is 11.5. The Morgan fingerprint density at radius 1 is 1.73 bits per heavy atom. The van der Waals surface area contributed by atoms with Gasteiger partial charge >= 0.3 is 5.97 Å². The zero-order valence-corrected chi connectivity index (χ0v) is 9.97. The minimum Gasteiger partial charge on any atom is -0.481 e. The van der Waals surface area contributed by atoms with Gasteiger partial charge in [-0.2, -0.15) is 0 Å². The van der Waals surface area contributed by atoms with Gasteiger partial charge in [-0.25, -0.2) is 4.98 Å². The number of hydrogen-bond donors (Lipinski definition) is 2. The topological polar surface area (TPSA) is 62.2 Å². The van der Waals surface area contributed by atoms with Gasteiger partial charge in [-0.3, -0.25) is 4.79 Å². The second kappa shape index (κ2) is 4.72. The van der Waals surface area contributed by atoms with E-state index in [1.807, 2.05) is 12.3 Å². The molecule has 15 heavy (non-hydrogen) atoms. The molecular weight excluding hydrogens is 212 g/mol. The van der Waals surface area contributed by atoms with Gasteiger partial charge in [0, 0.05) is 18.1 Å². The SMILES string of the molecule is CC(NCC(C)(C)C(=O)O)c1nccs1. The van der Waals surface area contributed by atoms with Crippen molar-refractivity contribution in [1.29, 1.82) is 0 Å². The number of nitrogens with one attached hydrogen (secondary N) is 1. The molecule has 2 N–H and O–H groups in total. The van der Waals surface area contributed by atoms with Crippen LogP contribution in [0, 0.1) is 5.41 Å². The number of carboxylic acid groups (broad SMARTS) is 1. The van der Waals surface area contributed by atoms with Crippen molar-refractivity contribution in [2.24, 2.45) is 5.41 Å². The maximum Gasteiger partial charge on any atom is 0.310 e. The lowest BCUT2D eigenvalue weighted by molar-refractivity contribution is -0.146. The van der Waals surface area contributed by atoms with Gasteiger partial charge in [-0.05, 0) is 20.8 Å². The number of hydrogen-bond acceptors (Lipinski definition) is 4. The minimum atomic E-state index is -0.790. The first kappa shape index (κ1) is 12.1. The fourth-order valence-electron chi connectivity index (χ4n) is 1.02. The van der Waals surface area contributed by atoms with Crippen molar-refractivity contribution in [1.82, 2.24) is 10.3 Å². The molecule has 0 bridgehead atoms. The van der Waals surface area contributed by atoms with Crippen LogP contribution in [0.25, 0.3) is 0 Å². The molecule has 0 aliphatic carbocycles. The van der Waals surface area contributed by atoms with Gasteiger partial charge < -0.3 is 10.4 Å². The molecule has 1 heterocycles. The smallest absolute Gasteiger partial charge is 0.310 e. The molecule has 1 rings (SSSR count). The van der Waals surface area contributed by atoms with Gasteiger partial charge in [-0.1, -0.05) is 0 Å². The molecular formula is C10H16N2O2S. The van der Waals surface area contributed by atoms with E-state index in [-0.39, 0.29) is 6.04 Å². The van der Waals surface area contributed by atoms with Crippen LogP contribution in [-0.2, 0) is 4.79 Å². The Balaban J connectivity index is 2.47. The van der Waals surface area contributed by atoms with Crippen molar-refractivity contribution >= 4 is 17.3 Å². The van der Waals surface area contributed by atoms with Gasteiger partial charge in [0.05, 0.1) is 11.5 Å². The Morgan fingerprint density at radius 3 is 2.87 bits per heavy atom. The molecule has 0 aliphatic rings. The number of aliphatic carboxylic acids is 1. The van der Waals surface area contributed by atoms with Crippen LogP contribution in [0.1, 0.15) is 31.8 Å². The van der Waals surface area contributed by atoms with Gasteiger partial charge in [-0.15, -0.1) is 11.3 Å². The largest absolute Gasteiger partial charge is 0.481 e. The van der Waals surface area contributed by atoms with E-state index in [1.165, 1.54) is 0 Å². The summed E-state index contributed by atoms with van der Waals surface area (Å²) in [5, 5.41) is 15.0. The lowest BCUT2D eigenvalue weighted by atomic mass is 9.93. The highest BCUT2D eigenvalue weighted by Crippen LogP contribution is 2.18. The van der Waals surface area contributed by atoms with E-state index in [1.54, 1.807) is 31.4 Å². The van der Waals surface area contributed by atoms with E-state index in [9.17, 15) is 4.79 Å². The summed E-state index contributed by atoms with van der Waals surface area (Å²) in [6.45, 7) is 5.83. The Hall–Kier alpha value is -0.940. The molecule has 0 saturated carbocycles. The summed E-state index contributed by atoms with van der Waals surface area (Å²) >= 11 is 1.57. The molecule has 1 aromatic heterocycles. The number of carboxylic acids is 1. The summed E-state index contributed by atoms with van der Waals surface area (Å²) in [5.41, 5.74) is -0.745. The van der Waals surface area contributed by atoms with Crippen molar-refractivity contribution in [2.45, 2.75) is 26.8 Å². The zero-order valence-electron chi connectivity index (χ0n) is 9.15. The van der Waals surface area contributed by atoms with E-state index >= 15 is 0 Å². The molecule has 0 aliphatic heterocycles. The highest BCUT2D eigenvalue weighted by Gasteiger charge is 2.27. The van der Waals surface area contributed by atoms with Crippen molar-refractivity contribution in [2.75, 3.05) is 6.54 Å². The quantitative estimate of drug-likeness (QED) is 0.808. The van der Waals surface area contributed by atoms with Crippen LogP contribution in [0.4, 0.5) is 0 Å². The van der Waals surface area contributed by atoms with E-state index < -0.39 is 11.4 Å². The molecule has 1 unspecified atom stereocenters. The molecule has 0 fully saturated rings. The summed E-state index contributed by atoms with van der Waals surface area (Å²) in [6, 6.07) is 0.101. The summed E-state index contributed by atoms with van der Waals surface area (Å²) in [6.07, 6.45) is 1.75. The lowest BCUT2D eigenvalue weighted by Crippen LogP contribution is -2.37. The van der Waals surface area contributed by atoms with Crippen LogP contribution in [0.5, 0.6) is 0 Å². The molecule has 0 amide bonds. The van der Waals surface area contributed by atoms with E-state index in [4.69, 9.17) is 5.11 Å². The summed E-state index contributed by atoms with van der Waals surface area (Å²) in [7, 11) is 0. The molecule has 0 saturated heterocycles. The number of nitrogens with zero attached hydrogens (tertiary/aromatic N) is 1. The van der Waals surface area contributed by atoms with Gasteiger partial charge in [0.25, 0.3) is 0 Å². The predicted octanol–water partition coefficient (Wildman–Crippen LogP) is 1.90. The van der Waals surface area contributed by atoms with Crippen molar-refractivity contribution in [3.8, 4) is 0 Å². The van der Waals surface area contributed by atoms with E-state index in [2.05, 4.69) is 10.3 Å². The second-order valence-corrected chi connectivity index (χ2v) is 5.09. The second-order valence-electron chi connectivity index (χ2n) is 4.16. The molecule has 84 valence electrons. The van der Waals surface area contributed by atoms with Gasteiger partial charge in [0.2, 0.25) is 0 Å². The Bertz CT molecular complexity index is 322. The van der Waals surface area contributed by atoms with Crippen molar-refractivity contribution in [3.63, 3.8) is 0 Å². The highest BCUT2D eigenvalue weighted by atomic mass is 32.1. The molecule has 0 aromatic carbocycles. The van der Waals surface area contributed by atoms with E-state index in [0.29, 0.717) is 6.54 Å². The maximum absolute atomic E-state index is 10.9. The lowest BCUT2D eigenvalue weighted by Gasteiger charge is -2.21. The fourth-order valence-corrected chi connectivity index (χ4v) is 1.69. The highest BCUT2D eigenvalue weighted by molar-refractivity contribution is 7.09. The van der Waals surface area contributed by atoms with Crippen LogP contribution >= 0.6 is 11.3 Å². The first-order valence-corrected chi connectivity index (χ1v) is 5.67. The predicted molar refractivity (Wildman–Crippen MR) is 59.9 cm³/mol. The van der Waals surface area contributed by atoms with E-state index in [0.717, 1.165) is 5.01 Å². The van der Waals surface area contributed by atoms with Crippen LogP contribution in [-0.4, -0.2) is 22.6 Å². The van der Waals surface area contributed by atoms with Gasteiger partial charge in [0.15, 0.2) is 0 Å². The first-order chi connectivity index (χ1) is 6.93. The molecule has 1 aromatic rings. The molecule has 0 spiro atoms. The third kappa shape index (κ3) is 3.28. The monoisotopic (exact) mass is 228 g/mol. The molecule has 5 heteroatoms. The van der Waals surface area contributed by atoms with Crippen molar-refractivity contribution in [3.05, 3.63) is 16.6 Å². The Kier molecular flexibility index (Phi) is 3.82. The standard InChI is InChI=1S/C10H16N2O2S/c1-7(8-11-4-5-15-8)12-6-10(2,3)9(13)14/h4-5,7,12H,6H2,1-3H3,(H,13,14). The average molecular weight is 228 g/mol. The third-order valence-corrected chi connectivity index (χ3v) is 3.21. The summed E-state index contributed by atoms with van der Waals surface area (Å²) < 4.78 is 0. The molecule has 4 nitrogen and oxygen atoms in total. The number of aromatic nitrogens is 1. The minimum absolute atomic E-state index is 0.101. The van der Waals surface area contributed by atoms with Crippen LogP contribution in [0.15, 0.2) is 11.6 Å². The van der Waals surface area contributed by atoms with Crippen LogP contribution in [0.2, 0.25) is 0 Å². The summed E-state index contributed by atoms with van der Waals surface area (Å²) in [4.78, 5) is 15.0. The molecule has 0 radical (unpaired) electrons. The van der Waals surface area contributed by atoms with Crippen molar-refractivity contribution < 1.29 is 9.90 Å². The number of thiazole rings is 1. The molecule has 1 atom stereocenters. The average Bonchev–Trinajstić information content (AvgIpc) is 2.66. The third-order valence-electron chi connectivity index (χ3n) is 2.25. The van der Waals surface area contributed by atoms with Crippen LogP contribution in [0.3, 0.4) is 0 Å². The Labute approximate surface area is 93.4 Å². The normalized spacial score (nSPS) is 13.8. The number of rotatable bonds is 5. The summed E-state index contributed by atoms with van der Waals surface area (Å²) in [5.74, 6) is -0.790. The van der Waals surface area contributed by atoms with Crippen LogP contribution < -0.4 is 5.32 Å². The number of carbonyl (C=O) groups is 1. The fraction of sp³-hybridized carbons (Fsp3) is 0.600. The Morgan fingerprint density at radius 2 is 2.40 bits per heavy atom.